The van der Waals surface area contributed by atoms with E-state index in [0.29, 0.717) is 53.6 Å². The third kappa shape index (κ3) is 3.75. The summed E-state index contributed by atoms with van der Waals surface area (Å²) in [5.41, 5.74) is 1.59. The number of hydrogen-bond donors (Lipinski definition) is 1. The number of aryl methyl sites for hydroxylation is 1. The predicted octanol–water partition coefficient (Wildman–Crippen LogP) is 1.71. The molecule has 2 fully saturated rings. The van der Waals surface area contributed by atoms with E-state index in [4.69, 9.17) is 9.72 Å². The lowest BCUT2D eigenvalue weighted by Gasteiger charge is -2.31. The average Bonchev–Trinajstić information content (AvgIpc) is 3.67. The number of imidazole rings is 1. The molecule has 3 aromatic heterocycles. The van der Waals surface area contributed by atoms with Crippen molar-refractivity contribution in [1.82, 2.24) is 38.3 Å². The third-order valence-corrected chi connectivity index (χ3v) is 9.25. The van der Waals surface area contributed by atoms with Crippen LogP contribution in [-0.2, 0) is 16.6 Å². The lowest BCUT2D eigenvalue weighted by molar-refractivity contribution is 0.216. The van der Waals surface area contributed by atoms with Crippen molar-refractivity contribution in [3.8, 4) is 17.1 Å². The highest BCUT2D eigenvalue weighted by Crippen LogP contribution is 2.37. The maximum Gasteiger partial charge on any atom is 0.336 e. The molecule has 5 heterocycles. The van der Waals surface area contributed by atoms with Crippen molar-refractivity contribution < 1.29 is 13.2 Å². The molecule has 2 aliphatic rings. The Bertz CT molecular complexity index is 1650. The van der Waals surface area contributed by atoms with Crippen molar-refractivity contribution in [1.29, 1.82) is 0 Å². The molecule has 1 aromatic carbocycles. The molecule has 196 valence electrons. The second-order valence-corrected chi connectivity index (χ2v) is 11.7. The van der Waals surface area contributed by atoms with E-state index >= 15 is 0 Å². The summed E-state index contributed by atoms with van der Waals surface area (Å²) in [6.07, 6.45) is 3.76. The van der Waals surface area contributed by atoms with Gasteiger partial charge >= 0.3 is 5.69 Å². The van der Waals surface area contributed by atoms with Crippen LogP contribution in [0.5, 0.6) is 5.75 Å². The Morgan fingerprint density at radius 2 is 1.97 bits per heavy atom. The maximum atomic E-state index is 13.7. The van der Waals surface area contributed by atoms with Crippen LogP contribution in [0, 0.1) is 0 Å². The van der Waals surface area contributed by atoms with Gasteiger partial charge in [-0.1, -0.05) is 13.8 Å². The number of piperazine rings is 1. The molecule has 0 saturated carbocycles. The first kappa shape index (κ1) is 24.1. The van der Waals surface area contributed by atoms with Gasteiger partial charge in [0.1, 0.15) is 23.4 Å². The Kier molecular flexibility index (Phi) is 5.81. The van der Waals surface area contributed by atoms with Gasteiger partial charge in [0.05, 0.1) is 17.1 Å². The molecule has 13 heteroatoms. The molecule has 6 rings (SSSR count). The zero-order valence-electron chi connectivity index (χ0n) is 21.1. The summed E-state index contributed by atoms with van der Waals surface area (Å²) in [5.74, 6) is 0.922. The lowest BCUT2D eigenvalue weighted by atomic mass is 10.2. The van der Waals surface area contributed by atoms with Crippen LogP contribution < -0.4 is 10.4 Å². The van der Waals surface area contributed by atoms with E-state index in [2.05, 4.69) is 20.1 Å². The minimum absolute atomic E-state index is 0.0182. The number of nitrogens with one attached hydrogen (secondary N) is 1. The number of fused-ring (bicyclic) bond motifs is 5. The Balaban J connectivity index is 1.50. The van der Waals surface area contributed by atoms with Crippen molar-refractivity contribution in [2.24, 2.45) is 0 Å². The van der Waals surface area contributed by atoms with Crippen molar-refractivity contribution in [2.45, 2.75) is 56.6 Å². The van der Waals surface area contributed by atoms with Crippen molar-refractivity contribution in [2.75, 3.05) is 26.7 Å². The van der Waals surface area contributed by atoms with Gasteiger partial charge < -0.3 is 14.6 Å². The van der Waals surface area contributed by atoms with Gasteiger partial charge in [0.15, 0.2) is 11.3 Å². The molecule has 2 aliphatic heterocycles. The van der Waals surface area contributed by atoms with Crippen LogP contribution in [0.2, 0.25) is 0 Å². The minimum atomic E-state index is -3.71. The molecule has 0 unspecified atom stereocenters. The number of benzene rings is 1. The number of rotatable bonds is 8. The van der Waals surface area contributed by atoms with Crippen molar-refractivity contribution >= 4 is 26.8 Å². The zero-order valence-corrected chi connectivity index (χ0v) is 21.9. The summed E-state index contributed by atoms with van der Waals surface area (Å²) >= 11 is 0. The Morgan fingerprint density at radius 1 is 1.14 bits per heavy atom. The quantitative estimate of drug-likeness (QED) is 0.367. The monoisotopic (exact) mass is 526 g/mol. The number of likely N-dealkylation sites (tertiary alicyclic amines) is 1. The number of ether oxygens (including phenoxy) is 1. The number of hydrogen-bond acceptors (Lipinski definition) is 8. The third-order valence-electron chi connectivity index (χ3n) is 7.33. The number of aromatic nitrogens is 6. The summed E-state index contributed by atoms with van der Waals surface area (Å²) < 4.78 is 38.0. The van der Waals surface area contributed by atoms with E-state index in [-0.39, 0.29) is 22.7 Å². The lowest BCUT2D eigenvalue weighted by Crippen LogP contribution is -2.47. The Hall–Kier alpha value is -3.29. The number of nitrogens with zero attached hydrogens (tertiary/aromatic N) is 7. The van der Waals surface area contributed by atoms with Crippen LogP contribution in [0.4, 0.5) is 0 Å². The molecular formula is C24H30N8O4S. The molecule has 0 radical (unpaired) electrons. The highest BCUT2D eigenvalue weighted by atomic mass is 32.2. The SMILES string of the molecule is CCCOc1ccc(S(=O)(=O)N2C[C@@H]3C[C@H]2CN3C)cc1-c1nc2c([nH]1)c1nncn1c(=O)n2CCC. The van der Waals surface area contributed by atoms with Crippen molar-refractivity contribution in [3.05, 3.63) is 35.0 Å². The van der Waals surface area contributed by atoms with Crippen LogP contribution >= 0.6 is 0 Å². The van der Waals surface area contributed by atoms with Crippen LogP contribution in [0.1, 0.15) is 33.1 Å². The fourth-order valence-corrected chi connectivity index (χ4v) is 7.18. The molecule has 4 aromatic rings. The molecular weight excluding hydrogens is 496 g/mol. The largest absolute Gasteiger partial charge is 0.493 e. The topological polar surface area (TPSA) is 131 Å². The molecule has 0 amide bonds. The van der Waals surface area contributed by atoms with E-state index in [9.17, 15) is 13.2 Å². The highest BCUT2D eigenvalue weighted by molar-refractivity contribution is 7.89. The molecule has 0 spiro atoms. The second-order valence-electron chi connectivity index (χ2n) is 9.81. The molecule has 1 N–H and O–H groups in total. The van der Waals surface area contributed by atoms with Gasteiger partial charge in [-0.15, -0.1) is 10.2 Å². The van der Waals surface area contributed by atoms with Crippen LogP contribution in [-0.4, -0.2) is 85.6 Å². The highest BCUT2D eigenvalue weighted by Gasteiger charge is 2.47. The minimum Gasteiger partial charge on any atom is -0.493 e. The van der Waals surface area contributed by atoms with E-state index in [1.807, 2.05) is 20.9 Å². The van der Waals surface area contributed by atoms with Gasteiger partial charge in [0.2, 0.25) is 10.0 Å². The van der Waals surface area contributed by atoms with Crippen molar-refractivity contribution in [3.63, 3.8) is 0 Å². The fourth-order valence-electron chi connectivity index (χ4n) is 5.49. The number of H-pyrrole nitrogens is 1. The van der Waals surface area contributed by atoms with Crippen LogP contribution in [0.3, 0.4) is 0 Å². The molecule has 0 aliphatic carbocycles. The van der Waals surface area contributed by atoms with Gasteiger partial charge in [0.25, 0.3) is 0 Å². The number of sulfonamides is 1. The molecule has 2 saturated heterocycles. The normalized spacial score (nSPS) is 20.5. The van der Waals surface area contributed by atoms with Gasteiger partial charge in [-0.3, -0.25) is 4.57 Å². The summed E-state index contributed by atoms with van der Waals surface area (Å²) in [4.78, 5) is 23.5. The van der Waals surface area contributed by atoms with E-state index in [1.165, 1.54) is 10.7 Å². The van der Waals surface area contributed by atoms with Gasteiger partial charge in [-0.05, 0) is 44.5 Å². The molecule has 12 nitrogen and oxygen atoms in total. The first-order valence-electron chi connectivity index (χ1n) is 12.6. The maximum absolute atomic E-state index is 13.7. The second kappa shape index (κ2) is 8.92. The van der Waals surface area contributed by atoms with Gasteiger partial charge in [-0.2, -0.15) is 4.31 Å². The molecule has 2 atom stereocenters. The first-order valence-corrected chi connectivity index (χ1v) is 14.1. The van der Waals surface area contributed by atoms with Crippen LogP contribution in [0.15, 0.2) is 34.2 Å². The average molecular weight is 527 g/mol. The zero-order chi connectivity index (χ0) is 25.9. The van der Waals surface area contributed by atoms with E-state index < -0.39 is 10.0 Å². The first-order chi connectivity index (χ1) is 17.8. The number of likely N-dealkylation sites (N-methyl/N-ethyl adjacent to an activating group) is 1. The fraction of sp³-hybridized carbons (Fsp3) is 0.500. The summed E-state index contributed by atoms with van der Waals surface area (Å²) in [6, 6.07) is 5.15. The summed E-state index contributed by atoms with van der Waals surface area (Å²) in [5, 5.41) is 8.02. The van der Waals surface area contributed by atoms with E-state index in [1.54, 1.807) is 27.1 Å². The Labute approximate surface area is 213 Å². The van der Waals surface area contributed by atoms with Gasteiger partial charge in [0, 0.05) is 31.7 Å². The molecule has 37 heavy (non-hydrogen) atoms. The summed E-state index contributed by atoms with van der Waals surface area (Å²) in [6.45, 7) is 6.15. The summed E-state index contributed by atoms with van der Waals surface area (Å²) in [7, 11) is -1.67. The predicted molar refractivity (Wildman–Crippen MR) is 137 cm³/mol. The molecule has 2 bridgehead atoms. The van der Waals surface area contributed by atoms with Gasteiger partial charge in [-0.25, -0.2) is 22.6 Å². The standard InChI is InChI=1S/C24H30N8O4S/c1-4-8-30-22-20(23-28-25-14-31(23)24(30)33)26-21(27-22)18-11-17(6-7-19(18)36-9-5-2)37(34,35)32-13-15-10-16(32)12-29(15)3/h6-7,11,14-16H,4-5,8-10,12-13H2,1-3H3,(H,26,27)/t15-,16-/m0/s1. The van der Waals surface area contributed by atoms with E-state index in [0.717, 1.165) is 25.8 Å². The number of aromatic amines is 1. The smallest absolute Gasteiger partial charge is 0.336 e. The van der Waals surface area contributed by atoms with Crippen LogP contribution in [0.25, 0.3) is 28.2 Å². The Morgan fingerprint density at radius 3 is 2.68 bits per heavy atom.